The first-order chi connectivity index (χ1) is 10.1. The minimum atomic E-state index is -0.619. The van der Waals surface area contributed by atoms with Gasteiger partial charge < -0.3 is 9.84 Å². The molecular weight excluding hydrogens is 294 g/mol. The van der Waals surface area contributed by atoms with Gasteiger partial charge in [-0.1, -0.05) is 12.1 Å². The number of amides is 1. The standard InChI is InChI=1S/C13H11N3O4S/c1-20-11(18)6-10-12(19)15-13(21-10)16-14-7-8-4-2-3-5-9(8)17/h2-7,17H,1H3,(H,15,16,19)/b10-6+,14-7?. The highest BCUT2D eigenvalue weighted by Crippen LogP contribution is 2.23. The van der Waals surface area contributed by atoms with Gasteiger partial charge in [0.05, 0.1) is 18.2 Å². The van der Waals surface area contributed by atoms with E-state index < -0.39 is 11.9 Å². The molecule has 21 heavy (non-hydrogen) atoms. The minimum absolute atomic E-state index is 0.0795. The summed E-state index contributed by atoms with van der Waals surface area (Å²) in [6, 6.07) is 6.63. The summed E-state index contributed by atoms with van der Waals surface area (Å²) in [5.41, 5.74) is 0.501. The molecule has 1 saturated heterocycles. The van der Waals surface area contributed by atoms with Crippen molar-refractivity contribution in [3.05, 3.63) is 40.8 Å². The van der Waals surface area contributed by atoms with Gasteiger partial charge in [0.2, 0.25) is 0 Å². The molecule has 0 atom stereocenters. The zero-order valence-electron chi connectivity index (χ0n) is 10.9. The summed E-state index contributed by atoms with van der Waals surface area (Å²) >= 11 is 0.975. The average Bonchev–Trinajstić information content (AvgIpc) is 2.81. The molecule has 0 bridgehead atoms. The Hall–Kier alpha value is -2.61. The SMILES string of the molecule is COC(=O)/C=C1/S/C(=N\N=Cc2ccccc2O)NC1=O. The molecule has 1 aliphatic heterocycles. The number of hydrogen-bond acceptors (Lipinski definition) is 7. The first-order valence-electron chi connectivity index (χ1n) is 5.78. The summed E-state index contributed by atoms with van der Waals surface area (Å²) in [5, 5.41) is 19.8. The molecular formula is C13H11N3O4S. The molecule has 1 fully saturated rings. The molecule has 108 valence electrons. The van der Waals surface area contributed by atoms with Crippen molar-refractivity contribution in [2.24, 2.45) is 10.2 Å². The second-order valence-electron chi connectivity index (χ2n) is 3.80. The number of para-hydroxylation sites is 1. The van der Waals surface area contributed by atoms with Crippen LogP contribution in [0.3, 0.4) is 0 Å². The van der Waals surface area contributed by atoms with E-state index in [0.717, 1.165) is 17.8 Å². The molecule has 0 aromatic heterocycles. The van der Waals surface area contributed by atoms with E-state index in [9.17, 15) is 14.7 Å². The van der Waals surface area contributed by atoms with Crippen LogP contribution in [-0.4, -0.2) is 35.5 Å². The lowest BCUT2D eigenvalue weighted by atomic mass is 10.2. The van der Waals surface area contributed by atoms with E-state index in [1.807, 2.05) is 0 Å². The lowest BCUT2D eigenvalue weighted by Gasteiger charge is -1.95. The predicted octanol–water partition coefficient (Wildman–Crippen LogP) is 1.00. The average molecular weight is 305 g/mol. The maximum atomic E-state index is 11.5. The summed E-state index contributed by atoms with van der Waals surface area (Å²) in [6.45, 7) is 0. The number of amidine groups is 1. The summed E-state index contributed by atoms with van der Waals surface area (Å²) in [5.74, 6) is -0.982. The van der Waals surface area contributed by atoms with Crippen LogP contribution in [0.1, 0.15) is 5.56 Å². The third kappa shape index (κ3) is 3.93. The first-order valence-corrected chi connectivity index (χ1v) is 6.59. The number of hydrogen-bond donors (Lipinski definition) is 2. The number of nitrogens with one attached hydrogen (secondary N) is 1. The highest BCUT2D eigenvalue weighted by Gasteiger charge is 2.24. The van der Waals surface area contributed by atoms with Crippen LogP contribution in [0.4, 0.5) is 0 Å². The summed E-state index contributed by atoms with van der Waals surface area (Å²) in [4.78, 5) is 22.8. The molecule has 0 spiro atoms. The zero-order valence-corrected chi connectivity index (χ0v) is 11.8. The Bertz CT molecular complexity index is 667. The van der Waals surface area contributed by atoms with E-state index in [0.29, 0.717) is 5.56 Å². The number of phenols is 1. The number of nitrogens with zero attached hydrogens (tertiary/aromatic N) is 2. The van der Waals surface area contributed by atoms with Gasteiger partial charge in [0.15, 0.2) is 5.17 Å². The first kappa shape index (κ1) is 14.8. The molecule has 0 aliphatic carbocycles. The van der Waals surface area contributed by atoms with Crippen LogP contribution >= 0.6 is 11.8 Å². The van der Waals surface area contributed by atoms with Crippen molar-refractivity contribution >= 4 is 35.0 Å². The fourth-order valence-corrected chi connectivity index (χ4v) is 2.12. The van der Waals surface area contributed by atoms with E-state index in [4.69, 9.17) is 0 Å². The van der Waals surface area contributed by atoms with E-state index in [2.05, 4.69) is 20.3 Å². The minimum Gasteiger partial charge on any atom is -0.507 e. The number of esters is 1. The highest BCUT2D eigenvalue weighted by atomic mass is 32.2. The fourth-order valence-electron chi connectivity index (χ4n) is 1.38. The smallest absolute Gasteiger partial charge is 0.331 e. The van der Waals surface area contributed by atoms with E-state index >= 15 is 0 Å². The van der Waals surface area contributed by atoms with Gasteiger partial charge in [-0.2, -0.15) is 5.10 Å². The third-order valence-electron chi connectivity index (χ3n) is 2.38. The zero-order chi connectivity index (χ0) is 15.2. The quantitative estimate of drug-likeness (QED) is 0.375. The normalized spacial score (nSPS) is 18.4. The highest BCUT2D eigenvalue weighted by molar-refractivity contribution is 8.18. The van der Waals surface area contributed by atoms with Crippen LogP contribution in [0.5, 0.6) is 5.75 Å². The van der Waals surface area contributed by atoms with Gasteiger partial charge in [0, 0.05) is 11.6 Å². The molecule has 2 rings (SSSR count). The molecule has 8 heteroatoms. The van der Waals surface area contributed by atoms with Gasteiger partial charge in [0.1, 0.15) is 5.75 Å². The van der Waals surface area contributed by atoms with Crippen molar-refractivity contribution < 1.29 is 19.4 Å². The Balaban J connectivity index is 2.07. The number of carbonyl (C=O) groups is 2. The molecule has 0 unspecified atom stereocenters. The maximum Gasteiger partial charge on any atom is 0.331 e. The monoisotopic (exact) mass is 305 g/mol. The van der Waals surface area contributed by atoms with Crippen LogP contribution in [0.2, 0.25) is 0 Å². The molecule has 1 aromatic rings. The van der Waals surface area contributed by atoms with E-state index in [1.165, 1.54) is 19.4 Å². The Morgan fingerprint density at radius 2 is 2.19 bits per heavy atom. The topological polar surface area (TPSA) is 100 Å². The van der Waals surface area contributed by atoms with E-state index in [-0.39, 0.29) is 15.8 Å². The van der Waals surface area contributed by atoms with Crippen molar-refractivity contribution in [3.63, 3.8) is 0 Å². The van der Waals surface area contributed by atoms with Gasteiger partial charge in [-0.15, -0.1) is 5.10 Å². The van der Waals surface area contributed by atoms with Gasteiger partial charge >= 0.3 is 5.97 Å². The third-order valence-corrected chi connectivity index (χ3v) is 3.28. The van der Waals surface area contributed by atoms with Gasteiger partial charge in [-0.05, 0) is 23.9 Å². The molecule has 1 amide bonds. The molecule has 0 radical (unpaired) electrons. The number of rotatable bonds is 3. The van der Waals surface area contributed by atoms with Crippen molar-refractivity contribution in [3.8, 4) is 5.75 Å². The largest absolute Gasteiger partial charge is 0.507 e. The summed E-state index contributed by atoms with van der Waals surface area (Å²) < 4.78 is 4.44. The van der Waals surface area contributed by atoms with Crippen LogP contribution in [-0.2, 0) is 14.3 Å². The molecule has 1 aromatic carbocycles. The van der Waals surface area contributed by atoms with Gasteiger partial charge in [0.25, 0.3) is 5.91 Å². The number of carbonyl (C=O) groups excluding carboxylic acids is 2. The van der Waals surface area contributed by atoms with Crippen LogP contribution < -0.4 is 5.32 Å². The lowest BCUT2D eigenvalue weighted by molar-refractivity contribution is -0.135. The Kier molecular flexibility index (Phi) is 4.72. The van der Waals surface area contributed by atoms with Crippen molar-refractivity contribution in [1.29, 1.82) is 0 Å². The lowest BCUT2D eigenvalue weighted by Crippen LogP contribution is -2.19. The van der Waals surface area contributed by atoms with Crippen LogP contribution in [0, 0.1) is 0 Å². The van der Waals surface area contributed by atoms with Crippen molar-refractivity contribution in [2.45, 2.75) is 0 Å². The summed E-state index contributed by atoms with van der Waals surface area (Å²) in [6.07, 6.45) is 2.44. The number of thioether (sulfide) groups is 1. The molecule has 2 N–H and O–H groups in total. The van der Waals surface area contributed by atoms with Crippen molar-refractivity contribution in [1.82, 2.24) is 5.32 Å². The Labute approximate surface area is 124 Å². The van der Waals surface area contributed by atoms with E-state index in [1.54, 1.807) is 18.2 Å². The fraction of sp³-hybridized carbons (Fsp3) is 0.0769. The van der Waals surface area contributed by atoms with Crippen LogP contribution in [0.25, 0.3) is 0 Å². The number of aromatic hydroxyl groups is 1. The molecule has 1 aliphatic rings. The number of phenolic OH excluding ortho intramolecular Hbond substituents is 1. The maximum absolute atomic E-state index is 11.5. The predicted molar refractivity (Wildman–Crippen MR) is 79.0 cm³/mol. The number of benzene rings is 1. The second-order valence-corrected chi connectivity index (χ2v) is 4.83. The van der Waals surface area contributed by atoms with Gasteiger partial charge in [-0.3, -0.25) is 10.1 Å². The molecule has 7 nitrogen and oxygen atoms in total. The second kappa shape index (κ2) is 6.71. The van der Waals surface area contributed by atoms with Crippen LogP contribution in [0.15, 0.2) is 45.4 Å². The number of ether oxygens (including phenoxy) is 1. The number of methoxy groups -OCH3 is 1. The Morgan fingerprint density at radius 3 is 2.90 bits per heavy atom. The van der Waals surface area contributed by atoms with Gasteiger partial charge in [-0.25, -0.2) is 4.79 Å². The molecule has 1 heterocycles. The molecule has 0 saturated carbocycles. The summed E-state index contributed by atoms with van der Waals surface area (Å²) in [7, 11) is 1.22. The van der Waals surface area contributed by atoms with Crippen molar-refractivity contribution in [2.75, 3.05) is 7.11 Å². The Morgan fingerprint density at radius 1 is 1.43 bits per heavy atom.